The van der Waals surface area contributed by atoms with Crippen LogP contribution in [0.2, 0.25) is 0 Å². The van der Waals surface area contributed by atoms with Crippen LogP contribution in [-0.4, -0.2) is 9.79 Å². The van der Waals surface area contributed by atoms with Gasteiger partial charge in [0.2, 0.25) is 0 Å². The molecule has 0 spiro atoms. The molecule has 0 bridgehead atoms. The monoisotopic (exact) mass is 248 g/mol. The van der Waals surface area contributed by atoms with Gasteiger partial charge in [-0.25, -0.2) is 7.42 Å². The third-order valence-electron chi connectivity index (χ3n) is 0.0899. The number of halogens is 1. The average Bonchev–Trinajstić information content (AvgIpc) is 1.35. The van der Waals surface area contributed by atoms with Gasteiger partial charge in [-0.3, -0.25) is 0 Å². The minimum Gasteiger partial charge on any atom is -1.00 e. The zero-order valence-corrected chi connectivity index (χ0v) is 8.59. The first kappa shape index (κ1) is 11.6. The Labute approximate surface area is 78.3 Å². The van der Waals surface area contributed by atoms with Crippen LogP contribution < -0.4 is 29.6 Å². The van der Waals surface area contributed by atoms with Gasteiger partial charge >= 0.3 is 37.4 Å². The molecule has 0 saturated carbocycles. The Bertz CT molecular complexity index is 80.1. The summed E-state index contributed by atoms with van der Waals surface area (Å²) in [7, 11) is -4.16. The van der Waals surface area contributed by atoms with Crippen LogP contribution in [0.4, 0.5) is 0 Å². The Kier molecular flexibility index (Phi) is 7.79. The Morgan fingerprint density at radius 3 is 1.86 bits per heavy atom. The molecule has 0 aromatic carbocycles. The van der Waals surface area contributed by atoms with Crippen LogP contribution in [0.1, 0.15) is 1.43 Å². The third-order valence-corrected chi connectivity index (χ3v) is 1.81. The van der Waals surface area contributed by atoms with E-state index in [0.29, 0.717) is 0 Å². The zero-order chi connectivity index (χ0) is 5.21. The van der Waals surface area contributed by atoms with Crippen LogP contribution in [0.3, 0.4) is 0 Å². The van der Waals surface area contributed by atoms with Gasteiger partial charge in [0, 0.05) is 0 Å². The fraction of sp³-hybridized carbons (Fsp3) is 0. The van der Waals surface area contributed by atoms with E-state index in [2.05, 4.69) is 2.85 Å². The largest absolute Gasteiger partial charge is 1.00 e. The van der Waals surface area contributed by atoms with Gasteiger partial charge in [0.15, 0.2) is 0 Å². The molecule has 7 heavy (non-hydrogen) atoms. The maximum atomic E-state index is 9.46. The molecular formula is H3INaO4P. The molecule has 0 aromatic heterocycles. The number of hydrogen-bond donors (Lipinski definition) is 2. The van der Waals surface area contributed by atoms with Crippen molar-refractivity contribution in [3.05, 3.63) is 0 Å². The predicted molar refractivity (Wildman–Crippen MR) is 28.3 cm³/mol. The molecule has 0 aliphatic carbocycles. The Balaban J connectivity index is -0.000000125. The van der Waals surface area contributed by atoms with Gasteiger partial charge in [-0.2, -0.15) is 0 Å². The van der Waals surface area contributed by atoms with Crippen molar-refractivity contribution in [3.63, 3.8) is 0 Å². The van der Waals surface area contributed by atoms with Crippen LogP contribution in [-0.2, 0) is 7.42 Å². The van der Waals surface area contributed by atoms with Crippen molar-refractivity contribution in [2.24, 2.45) is 0 Å². The number of phosphoric acid groups is 1. The second kappa shape index (κ2) is 4.69. The van der Waals surface area contributed by atoms with Crippen LogP contribution >= 0.6 is 30.8 Å². The van der Waals surface area contributed by atoms with Gasteiger partial charge in [-0.1, -0.05) is 0 Å². The van der Waals surface area contributed by atoms with Crippen LogP contribution in [0, 0.1) is 0 Å². The number of rotatable bonds is 1. The summed E-state index contributed by atoms with van der Waals surface area (Å²) in [5.41, 5.74) is 0. The quantitative estimate of drug-likeness (QED) is 0.307. The third kappa shape index (κ3) is 11.4. The van der Waals surface area contributed by atoms with Crippen LogP contribution in [0.5, 0.6) is 0 Å². The molecule has 0 unspecified atom stereocenters. The summed E-state index contributed by atoms with van der Waals surface area (Å²) in [6, 6.07) is 0. The predicted octanol–water partition coefficient (Wildman–Crippen LogP) is -2.44. The second-order valence-corrected chi connectivity index (χ2v) is 2.86. The Morgan fingerprint density at radius 1 is 1.71 bits per heavy atom. The maximum absolute atomic E-state index is 9.46. The van der Waals surface area contributed by atoms with E-state index in [4.69, 9.17) is 9.79 Å². The minimum absolute atomic E-state index is 0. The van der Waals surface area contributed by atoms with E-state index in [1.54, 1.807) is 0 Å². The van der Waals surface area contributed by atoms with E-state index in [9.17, 15) is 4.57 Å². The smallest absolute Gasteiger partial charge is 1.00 e. The van der Waals surface area contributed by atoms with Crippen molar-refractivity contribution in [2.75, 3.05) is 0 Å². The van der Waals surface area contributed by atoms with Gasteiger partial charge < -0.3 is 11.2 Å². The molecule has 2 N–H and O–H groups in total. The fourth-order valence-corrected chi connectivity index (χ4v) is 0. The molecule has 0 atom stereocenters. The Hall–Kier alpha value is 1.84. The molecule has 0 saturated heterocycles. The van der Waals surface area contributed by atoms with Crippen molar-refractivity contribution in [1.82, 2.24) is 0 Å². The summed E-state index contributed by atoms with van der Waals surface area (Å²) in [5, 5.41) is 0. The summed E-state index contributed by atoms with van der Waals surface area (Å²) in [4.78, 5) is 15.4. The maximum Gasteiger partial charge on any atom is 1.00 e. The normalized spacial score (nSPS) is 10.1. The number of hydrogen-bond acceptors (Lipinski definition) is 2. The summed E-state index contributed by atoms with van der Waals surface area (Å²) in [6.07, 6.45) is 0. The van der Waals surface area contributed by atoms with Gasteiger partial charge in [-0.15, -0.1) is 0 Å². The standard InChI is InChI=1S/H2IO4P.Na.H/c1-5-6(2,3)4;;/h(H2,2,3,4);;/q;+1;-1. The minimum atomic E-state index is -4.16. The molecule has 0 heterocycles. The van der Waals surface area contributed by atoms with Crippen molar-refractivity contribution in [3.8, 4) is 0 Å². The van der Waals surface area contributed by atoms with Crippen molar-refractivity contribution in [1.29, 1.82) is 0 Å². The van der Waals surface area contributed by atoms with Gasteiger partial charge in [0.25, 0.3) is 0 Å². The molecule has 4 nitrogen and oxygen atoms in total. The summed E-state index contributed by atoms with van der Waals surface area (Å²) in [5.74, 6) is 0. The molecule has 0 fully saturated rings. The first-order chi connectivity index (χ1) is 2.56. The van der Waals surface area contributed by atoms with Crippen LogP contribution in [0.15, 0.2) is 0 Å². The Morgan fingerprint density at radius 2 is 1.86 bits per heavy atom. The molecule has 0 aliphatic heterocycles. The SMILES string of the molecule is O=P(O)(O)OI.[H-].[Na+]. The molecule has 0 aromatic rings. The van der Waals surface area contributed by atoms with Crippen LogP contribution in [0.25, 0.3) is 0 Å². The van der Waals surface area contributed by atoms with E-state index in [1.165, 1.54) is 0 Å². The summed E-state index contributed by atoms with van der Waals surface area (Å²) < 4.78 is 13.0. The molecule has 0 amide bonds. The summed E-state index contributed by atoms with van der Waals surface area (Å²) >= 11 is 1.13. The molecule has 0 rings (SSSR count). The zero-order valence-electron chi connectivity index (χ0n) is 4.54. The van der Waals surface area contributed by atoms with Gasteiger partial charge in [0.1, 0.15) is 23.0 Å². The van der Waals surface area contributed by atoms with Gasteiger partial charge in [-0.05, 0) is 0 Å². The van der Waals surface area contributed by atoms with E-state index in [0.717, 1.165) is 23.0 Å². The van der Waals surface area contributed by atoms with Crippen molar-refractivity contribution >= 4 is 30.8 Å². The molecule has 0 aliphatic rings. The van der Waals surface area contributed by atoms with E-state index < -0.39 is 7.82 Å². The summed E-state index contributed by atoms with van der Waals surface area (Å²) in [6.45, 7) is 0. The van der Waals surface area contributed by atoms with Crippen molar-refractivity contribution < 1.29 is 48.2 Å². The second-order valence-electron chi connectivity index (χ2n) is 0.560. The first-order valence-electron chi connectivity index (χ1n) is 0.919. The molecule has 7 heteroatoms. The van der Waals surface area contributed by atoms with E-state index >= 15 is 0 Å². The molecule has 0 radical (unpaired) electrons. The van der Waals surface area contributed by atoms with Gasteiger partial charge in [0.05, 0.1) is 0 Å². The average molecular weight is 248 g/mol. The molecule has 40 valence electrons. The fourth-order valence-electron chi connectivity index (χ4n) is 0. The van der Waals surface area contributed by atoms with Crippen molar-refractivity contribution in [2.45, 2.75) is 0 Å². The molecular weight excluding hydrogens is 245 g/mol. The van der Waals surface area contributed by atoms with E-state index in [-0.39, 0.29) is 31.0 Å². The van der Waals surface area contributed by atoms with E-state index in [1.807, 2.05) is 0 Å². The topological polar surface area (TPSA) is 66.8 Å². The first-order valence-corrected chi connectivity index (χ1v) is 3.33.